The summed E-state index contributed by atoms with van der Waals surface area (Å²) in [4.78, 5) is -0.0824. The number of nitrogens with one attached hydrogen (secondary N) is 2. The van der Waals surface area contributed by atoms with Gasteiger partial charge in [-0.2, -0.15) is 9.57 Å². The van der Waals surface area contributed by atoms with E-state index in [0.717, 1.165) is 0 Å². The zero-order valence-electron chi connectivity index (χ0n) is 18.1. The number of hydrogen-bond donors (Lipinski definition) is 2. The quantitative estimate of drug-likeness (QED) is 0.527. The zero-order valence-corrected chi connectivity index (χ0v) is 21.3. The van der Waals surface area contributed by atoms with Crippen molar-refractivity contribution in [3.8, 4) is 17.6 Å². The predicted octanol–water partition coefficient (Wildman–Crippen LogP) is 4.68. The maximum absolute atomic E-state index is 13.5. The third-order valence-corrected chi connectivity index (χ3v) is 7.56. The number of rotatable bonds is 6. The molecule has 2 N–H and O–H groups in total. The summed E-state index contributed by atoms with van der Waals surface area (Å²) in [6.07, 6.45) is 1.19. The molecule has 0 bridgehead atoms. The lowest BCUT2D eigenvalue weighted by atomic mass is 10.1. The maximum atomic E-state index is 13.5. The van der Waals surface area contributed by atoms with Crippen LogP contribution in [0.3, 0.4) is 0 Å². The number of sulfonamides is 1. The van der Waals surface area contributed by atoms with Crippen molar-refractivity contribution in [2.75, 3.05) is 13.1 Å². The number of ether oxygens (including phenoxy) is 1. The molecule has 0 saturated carbocycles. The molecule has 2 aromatic carbocycles. The van der Waals surface area contributed by atoms with E-state index in [1.807, 2.05) is 19.9 Å². The van der Waals surface area contributed by atoms with Crippen LogP contribution in [-0.4, -0.2) is 43.0 Å². The van der Waals surface area contributed by atoms with E-state index in [9.17, 15) is 13.7 Å². The normalized spacial score (nSPS) is 15.2. The molecular weight excluding hydrogens is 503 g/mol. The molecule has 176 valence electrons. The van der Waals surface area contributed by atoms with Crippen LogP contribution in [0.4, 0.5) is 0 Å². The van der Waals surface area contributed by atoms with Crippen LogP contribution in [0.25, 0.3) is 0 Å². The van der Waals surface area contributed by atoms with Gasteiger partial charge < -0.3 is 15.4 Å². The van der Waals surface area contributed by atoms with Crippen molar-refractivity contribution in [3.63, 3.8) is 0 Å². The van der Waals surface area contributed by atoms with Gasteiger partial charge in [0.15, 0.2) is 5.11 Å². The fourth-order valence-electron chi connectivity index (χ4n) is 3.45. The van der Waals surface area contributed by atoms with Gasteiger partial charge in [-0.3, -0.25) is 0 Å². The Kier molecular flexibility index (Phi) is 8.43. The second-order valence-corrected chi connectivity index (χ2v) is 11.1. The number of nitrogens with zero attached hydrogens (tertiary/aromatic N) is 2. The summed E-state index contributed by atoms with van der Waals surface area (Å²) in [5.41, 5.74) is 0.215. The predicted molar refractivity (Wildman–Crippen MR) is 133 cm³/mol. The molecule has 3 rings (SSSR count). The molecule has 0 aliphatic carbocycles. The van der Waals surface area contributed by atoms with Gasteiger partial charge >= 0.3 is 0 Å². The van der Waals surface area contributed by atoms with Gasteiger partial charge in [0.1, 0.15) is 16.4 Å². The number of halogens is 2. The van der Waals surface area contributed by atoms with Crippen LogP contribution >= 0.6 is 35.4 Å². The molecule has 1 aliphatic heterocycles. The van der Waals surface area contributed by atoms with Crippen LogP contribution in [0.5, 0.6) is 11.5 Å². The van der Waals surface area contributed by atoms with E-state index in [4.69, 9.17) is 40.2 Å². The first-order chi connectivity index (χ1) is 15.6. The van der Waals surface area contributed by atoms with Gasteiger partial charge in [-0.05, 0) is 75.3 Å². The lowest BCUT2D eigenvalue weighted by molar-refractivity contribution is 0.305. The van der Waals surface area contributed by atoms with Crippen LogP contribution in [0.15, 0.2) is 41.3 Å². The largest absolute Gasteiger partial charge is 0.456 e. The van der Waals surface area contributed by atoms with Crippen molar-refractivity contribution in [2.24, 2.45) is 0 Å². The van der Waals surface area contributed by atoms with Crippen molar-refractivity contribution in [2.45, 2.75) is 43.7 Å². The Hall–Kier alpha value is -2.09. The number of hydrogen-bond acceptors (Lipinski definition) is 5. The topological polar surface area (TPSA) is 94.5 Å². The van der Waals surface area contributed by atoms with Gasteiger partial charge in [0.25, 0.3) is 0 Å². The summed E-state index contributed by atoms with van der Waals surface area (Å²) in [5.74, 6) is 0.387. The molecule has 0 radical (unpaired) electrons. The molecule has 33 heavy (non-hydrogen) atoms. The Balaban J connectivity index is 1.81. The Bertz CT molecular complexity index is 1150. The van der Waals surface area contributed by atoms with Crippen molar-refractivity contribution in [1.29, 1.82) is 5.26 Å². The van der Waals surface area contributed by atoms with Crippen LogP contribution < -0.4 is 15.4 Å². The van der Waals surface area contributed by atoms with E-state index >= 15 is 0 Å². The lowest BCUT2D eigenvalue weighted by Gasteiger charge is -2.32. The van der Waals surface area contributed by atoms with Gasteiger partial charge in [-0.25, -0.2) is 8.42 Å². The van der Waals surface area contributed by atoms with Crippen LogP contribution in [-0.2, 0) is 10.0 Å². The lowest BCUT2D eigenvalue weighted by Crippen LogP contribution is -2.50. The van der Waals surface area contributed by atoms with Crippen LogP contribution in [0, 0.1) is 11.3 Å². The molecule has 1 heterocycles. The number of benzene rings is 2. The Labute approximate surface area is 209 Å². The van der Waals surface area contributed by atoms with E-state index in [1.54, 1.807) is 6.07 Å². The molecule has 1 aliphatic rings. The van der Waals surface area contributed by atoms with Gasteiger partial charge in [-0.1, -0.05) is 23.2 Å². The molecule has 0 atom stereocenters. The highest BCUT2D eigenvalue weighted by atomic mass is 35.5. The SMILES string of the molecule is CC(C)NC(=S)NC1CCN(S(=O)(=O)c2cc(C#N)ccc2Oc2cc(Cl)cc(Cl)c2)CC1. The third kappa shape index (κ3) is 6.71. The van der Waals surface area contributed by atoms with Crippen LogP contribution in [0.1, 0.15) is 32.3 Å². The molecule has 0 aromatic heterocycles. The van der Waals surface area contributed by atoms with Crippen molar-refractivity contribution in [1.82, 2.24) is 14.9 Å². The first-order valence-corrected chi connectivity index (χ1v) is 12.9. The third-order valence-electron chi connectivity index (χ3n) is 4.96. The first kappa shape index (κ1) is 25.5. The van der Waals surface area contributed by atoms with E-state index in [1.165, 1.54) is 34.6 Å². The Morgan fingerprint density at radius 2 is 1.82 bits per heavy atom. The molecule has 7 nitrogen and oxygen atoms in total. The molecule has 1 fully saturated rings. The molecule has 11 heteroatoms. The monoisotopic (exact) mass is 526 g/mol. The van der Waals surface area contributed by atoms with Gasteiger partial charge in [-0.15, -0.1) is 0 Å². The van der Waals surface area contributed by atoms with E-state index < -0.39 is 10.0 Å². The van der Waals surface area contributed by atoms with Crippen LogP contribution in [0.2, 0.25) is 10.0 Å². The van der Waals surface area contributed by atoms with E-state index in [2.05, 4.69) is 10.6 Å². The zero-order chi connectivity index (χ0) is 24.2. The number of piperidine rings is 1. The minimum atomic E-state index is -3.92. The second-order valence-electron chi connectivity index (χ2n) is 7.93. The molecule has 0 unspecified atom stereocenters. The fourth-order valence-corrected chi connectivity index (χ4v) is 5.96. The van der Waals surface area contributed by atoms with Crippen molar-refractivity contribution < 1.29 is 13.2 Å². The summed E-state index contributed by atoms with van der Waals surface area (Å²) in [5, 5.41) is 17.0. The Morgan fingerprint density at radius 1 is 1.18 bits per heavy atom. The highest BCUT2D eigenvalue weighted by molar-refractivity contribution is 7.89. The molecule has 0 amide bonds. The molecule has 1 saturated heterocycles. The van der Waals surface area contributed by atoms with Crippen molar-refractivity contribution >= 4 is 50.6 Å². The minimum Gasteiger partial charge on any atom is -0.456 e. The summed E-state index contributed by atoms with van der Waals surface area (Å²) in [6.45, 7) is 4.61. The molecule has 0 spiro atoms. The highest BCUT2D eigenvalue weighted by Gasteiger charge is 2.32. The average molecular weight is 527 g/mol. The van der Waals surface area contributed by atoms with Crippen molar-refractivity contribution in [3.05, 3.63) is 52.0 Å². The summed E-state index contributed by atoms with van der Waals surface area (Å²) in [6, 6.07) is 11.2. The second kappa shape index (κ2) is 10.9. The minimum absolute atomic E-state index is 0.0740. The summed E-state index contributed by atoms with van der Waals surface area (Å²) < 4.78 is 34.2. The first-order valence-electron chi connectivity index (χ1n) is 10.3. The van der Waals surface area contributed by atoms with E-state index in [-0.39, 0.29) is 28.3 Å². The molecular formula is C22H24Cl2N4O3S2. The van der Waals surface area contributed by atoms with E-state index in [0.29, 0.717) is 46.8 Å². The fraction of sp³-hybridized carbons (Fsp3) is 0.364. The Morgan fingerprint density at radius 3 is 2.39 bits per heavy atom. The van der Waals surface area contributed by atoms with Gasteiger partial charge in [0.2, 0.25) is 10.0 Å². The average Bonchev–Trinajstić information content (AvgIpc) is 2.73. The number of thiocarbonyl (C=S) groups is 1. The summed E-state index contributed by atoms with van der Waals surface area (Å²) in [7, 11) is -3.92. The summed E-state index contributed by atoms with van der Waals surface area (Å²) >= 11 is 17.4. The highest BCUT2D eigenvalue weighted by Crippen LogP contribution is 2.35. The van der Waals surface area contributed by atoms with Gasteiger partial charge in [0, 0.05) is 35.2 Å². The standard InChI is InChI=1S/C22H24Cl2N4O3S2/c1-14(2)26-22(32)27-18-5-7-28(8-6-18)33(29,30)21-9-15(13-25)3-4-20(21)31-19-11-16(23)10-17(24)12-19/h3-4,9-12,14,18H,5-8H2,1-2H3,(H2,26,27,32). The maximum Gasteiger partial charge on any atom is 0.246 e. The number of nitriles is 1. The molecule has 2 aromatic rings. The smallest absolute Gasteiger partial charge is 0.246 e. The van der Waals surface area contributed by atoms with Gasteiger partial charge in [0.05, 0.1) is 11.6 Å².